The summed E-state index contributed by atoms with van der Waals surface area (Å²) in [6, 6.07) is 2.19. The fourth-order valence-electron chi connectivity index (χ4n) is 1.44. The molecule has 2 nitrogen and oxygen atoms in total. The van der Waals surface area contributed by atoms with E-state index in [0.717, 1.165) is 6.07 Å². The summed E-state index contributed by atoms with van der Waals surface area (Å²) in [5.41, 5.74) is -1.42. The highest BCUT2D eigenvalue weighted by atomic mass is 19.4. The van der Waals surface area contributed by atoms with E-state index in [-0.39, 0.29) is 12.0 Å². The Labute approximate surface area is 102 Å². The number of rotatable bonds is 5. The van der Waals surface area contributed by atoms with Crippen LogP contribution in [0.5, 0.6) is 0 Å². The van der Waals surface area contributed by atoms with E-state index in [2.05, 4.69) is 0 Å². The number of ether oxygens (including phenoxy) is 1. The van der Waals surface area contributed by atoms with E-state index in [4.69, 9.17) is 4.74 Å². The SMILES string of the molecule is COCCCC(=O)c1ccc(C(F)(F)F)c(F)c1. The molecule has 0 spiro atoms. The molecule has 18 heavy (non-hydrogen) atoms. The van der Waals surface area contributed by atoms with Crippen LogP contribution in [0.15, 0.2) is 18.2 Å². The summed E-state index contributed by atoms with van der Waals surface area (Å²) < 4.78 is 54.8. The van der Waals surface area contributed by atoms with Crippen molar-refractivity contribution in [2.75, 3.05) is 13.7 Å². The number of alkyl halides is 3. The summed E-state index contributed by atoms with van der Waals surface area (Å²) in [6.07, 6.45) is -4.20. The molecule has 1 aromatic rings. The molecule has 0 amide bonds. The third kappa shape index (κ3) is 3.80. The molecule has 0 saturated carbocycles. The van der Waals surface area contributed by atoms with Gasteiger partial charge in [0.2, 0.25) is 0 Å². The van der Waals surface area contributed by atoms with Crippen molar-refractivity contribution >= 4 is 5.78 Å². The topological polar surface area (TPSA) is 26.3 Å². The normalized spacial score (nSPS) is 11.6. The molecule has 0 heterocycles. The van der Waals surface area contributed by atoms with Crippen molar-refractivity contribution in [2.24, 2.45) is 0 Å². The molecule has 1 rings (SSSR count). The van der Waals surface area contributed by atoms with Gasteiger partial charge in [-0.2, -0.15) is 13.2 Å². The molecule has 0 bridgehead atoms. The lowest BCUT2D eigenvalue weighted by molar-refractivity contribution is -0.140. The van der Waals surface area contributed by atoms with Crippen LogP contribution in [-0.4, -0.2) is 19.5 Å². The van der Waals surface area contributed by atoms with Crippen molar-refractivity contribution < 1.29 is 27.1 Å². The second-order valence-electron chi connectivity index (χ2n) is 3.71. The number of hydrogen-bond donors (Lipinski definition) is 0. The van der Waals surface area contributed by atoms with Gasteiger partial charge in [0.1, 0.15) is 5.82 Å². The minimum Gasteiger partial charge on any atom is -0.385 e. The van der Waals surface area contributed by atoms with Crippen molar-refractivity contribution in [3.63, 3.8) is 0 Å². The van der Waals surface area contributed by atoms with E-state index in [0.29, 0.717) is 25.2 Å². The van der Waals surface area contributed by atoms with E-state index in [1.807, 2.05) is 0 Å². The molecule has 0 aliphatic carbocycles. The summed E-state index contributed by atoms with van der Waals surface area (Å²) in [6.45, 7) is 0.370. The average molecular weight is 264 g/mol. The number of ketones is 1. The maximum Gasteiger partial charge on any atom is 0.419 e. The Balaban J connectivity index is 2.81. The van der Waals surface area contributed by atoms with Crippen LogP contribution in [0.25, 0.3) is 0 Å². The summed E-state index contributed by atoms with van der Waals surface area (Å²) in [5, 5.41) is 0. The smallest absolute Gasteiger partial charge is 0.385 e. The Morgan fingerprint density at radius 3 is 2.50 bits per heavy atom. The number of benzene rings is 1. The minimum atomic E-state index is -4.75. The largest absolute Gasteiger partial charge is 0.419 e. The number of Topliss-reactive ketones (excluding diaryl/α,β-unsaturated/α-hetero) is 1. The lowest BCUT2D eigenvalue weighted by Crippen LogP contribution is -2.10. The van der Waals surface area contributed by atoms with Gasteiger partial charge in [0, 0.05) is 25.7 Å². The summed E-state index contributed by atoms with van der Waals surface area (Å²) in [5.74, 6) is -1.83. The van der Waals surface area contributed by atoms with Crippen LogP contribution in [-0.2, 0) is 10.9 Å². The van der Waals surface area contributed by atoms with Gasteiger partial charge in [0.05, 0.1) is 5.56 Å². The first-order chi connectivity index (χ1) is 8.36. The number of carbonyl (C=O) groups is 1. The van der Waals surface area contributed by atoms with E-state index in [1.54, 1.807) is 0 Å². The molecule has 100 valence electrons. The van der Waals surface area contributed by atoms with Crippen molar-refractivity contribution in [1.82, 2.24) is 0 Å². The highest BCUT2D eigenvalue weighted by molar-refractivity contribution is 5.96. The molecular formula is C12H12F4O2. The van der Waals surface area contributed by atoms with Gasteiger partial charge in [-0.3, -0.25) is 4.79 Å². The third-order valence-corrected chi connectivity index (χ3v) is 2.35. The molecule has 0 aliphatic heterocycles. The van der Waals surface area contributed by atoms with Crippen molar-refractivity contribution in [1.29, 1.82) is 0 Å². The predicted octanol–water partition coefficient (Wildman–Crippen LogP) is 3.45. The Kier molecular flexibility index (Phi) is 4.84. The predicted molar refractivity (Wildman–Crippen MR) is 56.8 cm³/mol. The van der Waals surface area contributed by atoms with Crippen LogP contribution in [0.4, 0.5) is 17.6 Å². The van der Waals surface area contributed by atoms with Gasteiger partial charge in [-0.1, -0.05) is 6.07 Å². The van der Waals surface area contributed by atoms with Crippen LogP contribution in [0.3, 0.4) is 0 Å². The molecule has 0 fully saturated rings. The van der Waals surface area contributed by atoms with E-state index in [9.17, 15) is 22.4 Å². The molecule has 6 heteroatoms. The first-order valence-corrected chi connectivity index (χ1v) is 5.25. The summed E-state index contributed by atoms with van der Waals surface area (Å²) in [7, 11) is 1.47. The van der Waals surface area contributed by atoms with Gasteiger partial charge >= 0.3 is 6.18 Å². The van der Waals surface area contributed by atoms with Gasteiger partial charge < -0.3 is 4.74 Å². The third-order valence-electron chi connectivity index (χ3n) is 2.35. The van der Waals surface area contributed by atoms with Crippen molar-refractivity contribution in [3.8, 4) is 0 Å². The first kappa shape index (κ1) is 14.6. The van der Waals surface area contributed by atoms with E-state index < -0.39 is 23.3 Å². The zero-order valence-corrected chi connectivity index (χ0v) is 9.68. The zero-order valence-electron chi connectivity index (χ0n) is 9.68. The monoisotopic (exact) mass is 264 g/mol. The van der Waals surface area contributed by atoms with Gasteiger partial charge in [-0.25, -0.2) is 4.39 Å². The molecule has 1 aromatic carbocycles. The van der Waals surface area contributed by atoms with Crippen LogP contribution in [0, 0.1) is 5.82 Å². The zero-order chi connectivity index (χ0) is 13.8. The Bertz CT molecular complexity index is 427. The van der Waals surface area contributed by atoms with Gasteiger partial charge in [0.25, 0.3) is 0 Å². The number of carbonyl (C=O) groups excluding carboxylic acids is 1. The maximum atomic E-state index is 13.2. The molecule has 0 aromatic heterocycles. The van der Waals surface area contributed by atoms with E-state index >= 15 is 0 Å². The average Bonchev–Trinajstić information content (AvgIpc) is 2.27. The second kappa shape index (κ2) is 5.95. The number of halogens is 4. The van der Waals surface area contributed by atoms with Crippen LogP contribution in [0.2, 0.25) is 0 Å². The standard InChI is InChI=1S/C12H12F4O2/c1-18-6-2-3-11(17)8-4-5-9(10(13)7-8)12(14,15)16/h4-5,7H,2-3,6H2,1H3. The molecule has 0 unspecified atom stereocenters. The van der Waals surface area contributed by atoms with Crippen LogP contribution in [0.1, 0.15) is 28.8 Å². The summed E-state index contributed by atoms with van der Waals surface area (Å²) >= 11 is 0. The Morgan fingerprint density at radius 1 is 1.33 bits per heavy atom. The number of methoxy groups -OCH3 is 1. The molecule has 0 aliphatic rings. The van der Waals surface area contributed by atoms with Crippen molar-refractivity contribution in [3.05, 3.63) is 35.1 Å². The lowest BCUT2D eigenvalue weighted by Gasteiger charge is -2.09. The van der Waals surface area contributed by atoms with Crippen LogP contribution < -0.4 is 0 Å². The number of hydrogen-bond acceptors (Lipinski definition) is 2. The molecular weight excluding hydrogens is 252 g/mol. The molecule has 0 radical (unpaired) electrons. The highest BCUT2D eigenvalue weighted by Crippen LogP contribution is 2.31. The molecule has 0 atom stereocenters. The first-order valence-electron chi connectivity index (χ1n) is 5.25. The van der Waals surface area contributed by atoms with Crippen molar-refractivity contribution in [2.45, 2.75) is 19.0 Å². The van der Waals surface area contributed by atoms with Gasteiger partial charge in [0.15, 0.2) is 5.78 Å². The fourth-order valence-corrected chi connectivity index (χ4v) is 1.44. The second-order valence-corrected chi connectivity index (χ2v) is 3.71. The quantitative estimate of drug-likeness (QED) is 0.462. The Morgan fingerprint density at radius 2 is 2.00 bits per heavy atom. The molecule has 0 saturated heterocycles. The summed E-state index contributed by atoms with van der Waals surface area (Å²) in [4.78, 5) is 11.5. The molecule has 0 N–H and O–H groups in total. The van der Waals surface area contributed by atoms with Crippen LogP contribution >= 0.6 is 0 Å². The lowest BCUT2D eigenvalue weighted by atomic mass is 10.0. The van der Waals surface area contributed by atoms with Gasteiger partial charge in [-0.05, 0) is 18.6 Å². The van der Waals surface area contributed by atoms with E-state index in [1.165, 1.54) is 7.11 Å². The Hall–Kier alpha value is -1.43. The highest BCUT2D eigenvalue weighted by Gasteiger charge is 2.34. The van der Waals surface area contributed by atoms with Gasteiger partial charge in [-0.15, -0.1) is 0 Å². The maximum absolute atomic E-state index is 13.2. The minimum absolute atomic E-state index is 0.0587. The fraction of sp³-hybridized carbons (Fsp3) is 0.417.